The number of nitrogens with two attached hydrogens (primary N) is 1. The van der Waals surface area contributed by atoms with Gasteiger partial charge in [-0.15, -0.1) is 11.8 Å². The lowest BCUT2D eigenvalue weighted by molar-refractivity contribution is -0.126. The molecule has 0 aliphatic heterocycles. The van der Waals surface area contributed by atoms with Crippen LogP contribution in [0.2, 0.25) is 5.02 Å². The zero-order chi connectivity index (χ0) is 13.5. The van der Waals surface area contributed by atoms with Gasteiger partial charge in [0.1, 0.15) is 6.10 Å². The first-order valence-corrected chi connectivity index (χ1v) is 6.48. The number of aliphatic hydroxyl groups is 1. The van der Waals surface area contributed by atoms with E-state index in [0.717, 1.165) is 4.90 Å². The summed E-state index contributed by atoms with van der Waals surface area (Å²) in [6, 6.07) is 7.16. The molecule has 0 radical (unpaired) electrons. The normalized spacial score (nSPS) is 11.9. The number of primary amides is 1. The second-order valence-corrected chi connectivity index (χ2v) is 4.87. The summed E-state index contributed by atoms with van der Waals surface area (Å²) in [6.45, 7) is -0.183. The zero-order valence-corrected chi connectivity index (χ0v) is 11.0. The highest BCUT2D eigenvalue weighted by atomic mass is 35.5. The van der Waals surface area contributed by atoms with Crippen LogP contribution in [0.5, 0.6) is 0 Å². The molecule has 0 spiro atoms. The molecule has 0 aliphatic carbocycles. The van der Waals surface area contributed by atoms with Gasteiger partial charge < -0.3 is 16.2 Å². The minimum Gasteiger partial charge on any atom is -0.381 e. The third-order valence-electron chi connectivity index (χ3n) is 2.02. The van der Waals surface area contributed by atoms with E-state index in [9.17, 15) is 9.59 Å². The number of carbonyl (C=O) groups is 2. The van der Waals surface area contributed by atoms with Crippen molar-refractivity contribution in [3.05, 3.63) is 29.3 Å². The number of carbonyl (C=O) groups excluding carboxylic acids is 2. The van der Waals surface area contributed by atoms with Crippen molar-refractivity contribution in [2.75, 3.05) is 12.3 Å². The average Bonchev–Trinajstić information content (AvgIpc) is 2.34. The minimum absolute atomic E-state index is 0.148. The summed E-state index contributed by atoms with van der Waals surface area (Å²) in [4.78, 5) is 22.7. The number of amides is 2. The van der Waals surface area contributed by atoms with Gasteiger partial charge in [-0.05, 0) is 12.1 Å². The number of hydrogen-bond acceptors (Lipinski definition) is 4. The Morgan fingerprint density at radius 1 is 1.44 bits per heavy atom. The molecule has 18 heavy (non-hydrogen) atoms. The van der Waals surface area contributed by atoms with Gasteiger partial charge in [0.2, 0.25) is 11.8 Å². The Bertz CT molecular complexity index is 442. The fourth-order valence-corrected chi connectivity index (χ4v) is 2.14. The third-order valence-corrected chi connectivity index (χ3v) is 3.53. The van der Waals surface area contributed by atoms with Gasteiger partial charge >= 0.3 is 0 Å². The van der Waals surface area contributed by atoms with Crippen LogP contribution in [0.25, 0.3) is 0 Å². The van der Waals surface area contributed by atoms with Gasteiger partial charge in [0.25, 0.3) is 0 Å². The summed E-state index contributed by atoms with van der Waals surface area (Å²) in [5.41, 5.74) is 4.84. The number of hydrogen-bond donors (Lipinski definition) is 3. The quantitative estimate of drug-likeness (QED) is 0.661. The Hall–Kier alpha value is -1.24. The maximum atomic E-state index is 11.4. The molecule has 0 aromatic heterocycles. The van der Waals surface area contributed by atoms with E-state index in [0.29, 0.717) is 5.02 Å². The predicted molar refractivity (Wildman–Crippen MR) is 70.4 cm³/mol. The molecule has 1 rings (SSSR count). The molecular weight excluding hydrogens is 276 g/mol. The summed E-state index contributed by atoms with van der Waals surface area (Å²) in [5, 5.41) is 12.1. The summed E-state index contributed by atoms with van der Waals surface area (Å²) < 4.78 is 0. The van der Waals surface area contributed by atoms with E-state index in [1.165, 1.54) is 11.8 Å². The smallest absolute Gasteiger partial charge is 0.248 e. The van der Waals surface area contributed by atoms with Crippen molar-refractivity contribution in [1.29, 1.82) is 0 Å². The SMILES string of the molecule is NC(=O)C(O)CNC(=O)CSc1ccccc1Cl. The van der Waals surface area contributed by atoms with Crippen molar-refractivity contribution in [2.24, 2.45) is 5.73 Å². The van der Waals surface area contributed by atoms with E-state index in [-0.39, 0.29) is 18.2 Å². The molecule has 0 saturated heterocycles. The first kappa shape index (κ1) is 14.8. The molecule has 0 fully saturated rings. The molecule has 0 bridgehead atoms. The summed E-state index contributed by atoms with van der Waals surface area (Å²) >= 11 is 7.20. The number of benzene rings is 1. The lowest BCUT2D eigenvalue weighted by Gasteiger charge is -2.08. The van der Waals surface area contributed by atoms with Gasteiger partial charge in [0.15, 0.2) is 0 Å². The number of aliphatic hydroxyl groups excluding tert-OH is 1. The number of nitrogens with one attached hydrogen (secondary N) is 1. The molecule has 5 nitrogen and oxygen atoms in total. The van der Waals surface area contributed by atoms with Crippen LogP contribution in [-0.2, 0) is 9.59 Å². The molecule has 0 saturated carbocycles. The van der Waals surface area contributed by atoms with Gasteiger partial charge in [-0.1, -0.05) is 23.7 Å². The Morgan fingerprint density at radius 2 is 2.11 bits per heavy atom. The van der Waals surface area contributed by atoms with E-state index in [1.807, 2.05) is 6.07 Å². The predicted octanol–water partition coefficient (Wildman–Crippen LogP) is 0.395. The van der Waals surface area contributed by atoms with E-state index in [2.05, 4.69) is 5.32 Å². The monoisotopic (exact) mass is 288 g/mol. The second-order valence-electron chi connectivity index (χ2n) is 3.44. The Balaban J connectivity index is 2.34. The van der Waals surface area contributed by atoms with E-state index >= 15 is 0 Å². The van der Waals surface area contributed by atoms with Crippen molar-refractivity contribution < 1.29 is 14.7 Å². The van der Waals surface area contributed by atoms with Gasteiger partial charge in [-0.25, -0.2) is 0 Å². The fourth-order valence-electron chi connectivity index (χ4n) is 1.07. The van der Waals surface area contributed by atoms with Crippen LogP contribution in [0.4, 0.5) is 0 Å². The van der Waals surface area contributed by atoms with Crippen molar-refractivity contribution in [3.8, 4) is 0 Å². The summed E-state index contributed by atoms with van der Waals surface area (Å²) in [5.74, 6) is -1.02. The molecule has 1 aromatic carbocycles. The average molecular weight is 289 g/mol. The van der Waals surface area contributed by atoms with Gasteiger partial charge in [-0.2, -0.15) is 0 Å². The van der Waals surface area contributed by atoms with Crippen molar-refractivity contribution in [2.45, 2.75) is 11.0 Å². The lowest BCUT2D eigenvalue weighted by Crippen LogP contribution is -2.40. The first-order valence-electron chi connectivity index (χ1n) is 5.12. The molecular formula is C11H13ClN2O3S. The highest BCUT2D eigenvalue weighted by molar-refractivity contribution is 8.00. The first-order chi connectivity index (χ1) is 8.50. The molecule has 0 aliphatic rings. The van der Waals surface area contributed by atoms with Crippen molar-refractivity contribution >= 4 is 35.2 Å². The molecule has 4 N–H and O–H groups in total. The van der Waals surface area contributed by atoms with E-state index in [4.69, 9.17) is 22.4 Å². The van der Waals surface area contributed by atoms with E-state index in [1.54, 1.807) is 18.2 Å². The fraction of sp³-hybridized carbons (Fsp3) is 0.273. The lowest BCUT2D eigenvalue weighted by atomic mass is 10.3. The number of rotatable bonds is 6. The molecule has 1 aromatic rings. The maximum absolute atomic E-state index is 11.4. The maximum Gasteiger partial charge on any atom is 0.248 e. The topological polar surface area (TPSA) is 92.4 Å². The second kappa shape index (κ2) is 7.25. The van der Waals surface area contributed by atoms with Gasteiger partial charge in [-0.3, -0.25) is 9.59 Å². The van der Waals surface area contributed by atoms with Crippen molar-refractivity contribution in [1.82, 2.24) is 5.32 Å². The zero-order valence-electron chi connectivity index (χ0n) is 9.43. The van der Waals surface area contributed by atoms with Crippen LogP contribution >= 0.6 is 23.4 Å². The molecule has 0 heterocycles. The van der Waals surface area contributed by atoms with Crippen LogP contribution in [0.1, 0.15) is 0 Å². The standard InChI is InChI=1S/C11H13ClN2O3S/c12-7-3-1-2-4-9(7)18-6-10(16)14-5-8(15)11(13)17/h1-4,8,15H,5-6H2,(H2,13,17)(H,14,16). The number of halogens is 1. The number of thioether (sulfide) groups is 1. The van der Waals surface area contributed by atoms with Gasteiger partial charge in [0.05, 0.1) is 17.3 Å². The molecule has 1 atom stereocenters. The highest BCUT2D eigenvalue weighted by Gasteiger charge is 2.12. The largest absolute Gasteiger partial charge is 0.381 e. The van der Waals surface area contributed by atoms with Crippen LogP contribution in [0, 0.1) is 0 Å². The molecule has 2 amide bonds. The molecule has 7 heteroatoms. The van der Waals surface area contributed by atoms with Crippen molar-refractivity contribution in [3.63, 3.8) is 0 Å². The van der Waals surface area contributed by atoms with Crippen LogP contribution in [0.15, 0.2) is 29.2 Å². The van der Waals surface area contributed by atoms with Crippen LogP contribution in [-0.4, -0.2) is 35.3 Å². The molecule has 1 unspecified atom stereocenters. The summed E-state index contributed by atoms with van der Waals surface area (Å²) in [6.07, 6.45) is -1.36. The van der Waals surface area contributed by atoms with Gasteiger partial charge in [0, 0.05) is 4.90 Å². The highest BCUT2D eigenvalue weighted by Crippen LogP contribution is 2.26. The molecule has 98 valence electrons. The van der Waals surface area contributed by atoms with E-state index < -0.39 is 12.0 Å². The Labute approximate surface area is 114 Å². The Kier molecular flexibility index (Phi) is 5.97. The Morgan fingerprint density at radius 3 is 2.72 bits per heavy atom. The van der Waals surface area contributed by atoms with Crippen LogP contribution < -0.4 is 11.1 Å². The van der Waals surface area contributed by atoms with Crippen LogP contribution in [0.3, 0.4) is 0 Å². The third kappa shape index (κ3) is 4.95. The minimum atomic E-state index is -1.36. The summed E-state index contributed by atoms with van der Waals surface area (Å²) in [7, 11) is 0.